The molecule has 0 bridgehead atoms. The van der Waals surface area contributed by atoms with E-state index in [1.807, 2.05) is 18.6 Å². The van der Waals surface area contributed by atoms with Crippen LogP contribution in [0.5, 0.6) is 0 Å². The van der Waals surface area contributed by atoms with E-state index in [4.69, 9.17) is 10.3 Å². The maximum atomic E-state index is 5.50. The van der Waals surface area contributed by atoms with Crippen molar-refractivity contribution in [2.75, 3.05) is 12.3 Å². The molecule has 3 N–H and O–H groups in total. The summed E-state index contributed by atoms with van der Waals surface area (Å²) in [5.74, 6) is 1.21. The Morgan fingerprint density at radius 3 is 3.12 bits per heavy atom. The zero-order chi connectivity index (χ0) is 12.1. The molecule has 0 fully saturated rings. The van der Waals surface area contributed by atoms with Gasteiger partial charge in [0.2, 0.25) is 0 Å². The van der Waals surface area contributed by atoms with E-state index in [0.717, 1.165) is 25.1 Å². The molecule has 0 aliphatic carbocycles. The monoisotopic (exact) mass is 252 g/mol. The van der Waals surface area contributed by atoms with E-state index >= 15 is 0 Å². The Bertz CT molecular complexity index is 440. The second kappa shape index (κ2) is 5.79. The van der Waals surface area contributed by atoms with Gasteiger partial charge in [0.25, 0.3) is 0 Å². The van der Waals surface area contributed by atoms with Crippen molar-refractivity contribution >= 4 is 17.2 Å². The molecule has 2 heterocycles. The minimum Gasteiger partial charge on any atom is -0.381 e. The number of hydrogen-bond donors (Lipinski definition) is 2. The molecule has 0 spiro atoms. The molecule has 1 unspecified atom stereocenters. The summed E-state index contributed by atoms with van der Waals surface area (Å²) in [6.07, 6.45) is 4.06. The molecule has 1 atom stereocenters. The summed E-state index contributed by atoms with van der Waals surface area (Å²) in [6.45, 7) is 2.96. The third kappa shape index (κ3) is 3.54. The molecule has 0 amide bonds. The van der Waals surface area contributed by atoms with Crippen molar-refractivity contribution in [2.24, 2.45) is 0 Å². The van der Waals surface area contributed by atoms with Crippen LogP contribution in [-0.4, -0.2) is 16.7 Å². The lowest BCUT2D eigenvalue weighted by Gasteiger charge is -2.09. The van der Waals surface area contributed by atoms with Crippen LogP contribution in [0.15, 0.2) is 22.3 Å². The van der Waals surface area contributed by atoms with Crippen molar-refractivity contribution in [1.29, 1.82) is 0 Å². The molecule has 0 radical (unpaired) electrons. The van der Waals surface area contributed by atoms with Gasteiger partial charge in [-0.3, -0.25) is 4.98 Å². The summed E-state index contributed by atoms with van der Waals surface area (Å²) >= 11 is 1.70. The summed E-state index contributed by atoms with van der Waals surface area (Å²) < 4.78 is 5.08. The van der Waals surface area contributed by atoms with E-state index in [2.05, 4.69) is 15.5 Å². The Kier molecular flexibility index (Phi) is 4.11. The summed E-state index contributed by atoms with van der Waals surface area (Å²) in [7, 11) is 0. The van der Waals surface area contributed by atoms with Gasteiger partial charge in [-0.25, -0.2) is 0 Å². The number of nitrogen functional groups attached to an aromatic ring is 1. The fourth-order valence-electron chi connectivity index (χ4n) is 1.56. The van der Waals surface area contributed by atoms with Gasteiger partial charge in [0.05, 0.1) is 11.6 Å². The van der Waals surface area contributed by atoms with Gasteiger partial charge in [-0.1, -0.05) is 5.16 Å². The van der Waals surface area contributed by atoms with Gasteiger partial charge in [-0.05, 0) is 26.3 Å². The van der Waals surface area contributed by atoms with Crippen molar-refractivity contribution in [2.45, 2.75) is 25.8 Å². The third-order valence-electron chi connectivity index (χ3n) is 2.51. The second-order valence-electron chi connectivity index (χ2n) is 3.90. The summed E-state index contributed by atoms with van der Waals surface area (Å²) in [4.78, 5) is 5.37. The van der Waals surface area contributed by atoms with Gasteiger partial charge in [0.1, 0.15) is 0 Å². The molecule has 2 rings (SSSR count). The summed E-state index contributed by atoms with van der Waals surface area (Å²) in [5.41, 5.74) is 7.36. The van der Waals surface area contributed by atoms with Crippen LogP contribution < -0.4 is 11.1 Å². The standard InChI is InChI=1S/C11H16N4OS/c1-8(10-5-11(12)15-16-10)14-4-2-3-9-6-13-7-17-9/h5-8,14H,2-4H2,1H3,(H2,12,15). The molecule has 0 saturated carbocycles. The van der Waals surface area contributed by atoms with E-state index in [1.165, 1.54) is 4.88 Å². The second-order valence-corrected chi connectivity index (χ2v) is 4.87. The minimum absolute atomic E-state index is 0.140. The number of hydrogen-bond acceptors (Lipinski definition) is 6. The van der Waals surface area contributed by atoms with Gasteiger partial charge < -0.3 is 15.6 Å². The Labute approximate surface area is 104 Å². The zero-order valence-corrected chi connectivity index (χ0v) is 10.5. The number of nitrogens with two attached hydrogens (primary N) is 1. The van der Waals surface area contributed by atoms with Gasteiger partial charge in [0.15, 0.2) is 11.6 Å². The van der Waals surface area contributed by atoms with Crippen LogP contribution in [0.4, 0.5) is 5.82 Å². The SMILES string of the molecule is CC(NCCCc1cncs1)c1cc(N)no1. The summed E-state index contributed by atoms with van der Waals surface area (Å²) in [6, 6.07) is 1.89. The average molecular weight is 252 g/mol. The van der Waals surface area contributed by atoms with Crippen LogP contribution >= 0.6 is 11.3 Å². The fourth-order valence-corrected chi connectivity index (χ4v) is 2.20. The number of anilines is 1. The molecule has 2 aromatic heterocycles. The van der Waals surface area contributed by atoms with Crippen LogP contribution in [0.25, 0.3) is 0 Å². The Morgan fingerprint density at radius 2 is 2.47 bits per heavy atom. The molecule has 0 aliphatic rings. The highest BCUT2D eigenvalue weighted by Gasteiger charge is 2.09. The van der Waals surface area contributed by atoms with Crippen LogP contribution in [0, 0.1) is 0 Å². The van der Waals surface area contributed by atoms with Crippen molar-refractivity contribution in [3.8, 4) is 0 Å². The maximum Gasteiger partial charge on any atom is 0.167 e. The Hall–Kier alpha value is -1.40. The smallest absolute Gasteiger partial charge is 0.167 e. The lowest BCUT2D eigenvalue weighted by atomic mass is 10.2. The van der Waals surface area contributed by atoms with Gasteiger partial charge >= 0.3 is 0 Å². The first kappa shape index (κ1) is 12.1. The Balaban J connectivity index is 1.68. The predicted molar refractivity (Wildman–Crippen MR) is 67.8 cm³/mol. The molecular weight excluding hydrogens is 236 g/mol. The number of nitrogens with one attached hydrogen (secondary N) is 1. The van der Waals surface area contributed by atoms with Crippen molar-refractivity contribution in [3.63, 3.8) is 0 Å². The zero-order valence-electron chi connectivity index (χ0n) is 9.72. The van der Waals surface area contributed by atoms with E-state index in [1.54, 1.807) is 17.4 Å². The molecule has 2 aromatic rings. The van der Waals surface area contributed by atoms with Crippen LogP contribution in [0.3, 0.4) is 0 Å². The lowest BCUT2D eigenvalue weighted by Crippen LogP contribution is -2.19. The number of thiazole rings is 1. The molecule has 6 heteroatoms. The quantitative estimate of drug-likeness (QED) is 0.769. The first-order chi connectivity index (χ1) is 8.25. The summed E-state index contributed by atoms with van der Waals surface area (Å²) in [5, 5.41) is 7.03. The van der Waals surface area contributed by atoms with E-state index in [0.29, 0.717) is 5.82 Å². The molecular formula is C11H16N4OS. The normalized spacial score (nSPS) is 12.8. The van der Waals surface area contributed by atoms with E-state index in [9.17, 15) is 0 Å². The van der Waals surface area contributed by atoms with Gasteiger partial charge in [-0.15, -0.1) is 11.3 Å². The first-order valence-corrected chi connectivity index (χ1v) is 6.46. The molecule has 17 heavy (non-hydrogen) atoms. The average Bonchev–Trinajstić information content (AvgIpc) is 2.95. The van der Waals surface area contributed by atoms with E-state index < -0.39 is 0 Å². The van der Waals surface area contributed by atoms with Crippen LogP contribution in [-0.2, 0) is 6.42 Å². The molecule has 92 valence electrons. The number of rotatable bonds is 6. The van der Waals surface area contributed by atoms with E-state index in [-0.39, 0.29) is 6.04 Å². The number of nitrogens with zero attached hydrogens (tertiary/aromatic N) is 2. The van der Waals surface area contributed by atoms with Gasteiger partial charge in [-0.2, -0.15) is 0 Å². The molecule has 5 nitrogen and oxygen atoms in total. The topological polar surface area (TPSA) is 77.0 Å². The highest BCUT2D eigenvalue weighted by molar-refractivity contribution is 7.09. The lowest BCUT2D eigenvalue weighted by molar-refractivity contribution is 0.348. The fraction of sp³-hybridized carbons (Fsp3) is 0.455. The largest absolute Gasteiger partial charge is 0.381 e. The number of aromatic nitrogens is 2. The molecule has 0 saturated heterocycles. The first-order valence-electron chi connectivity index (χ1n) is 5.58. The van der Waals surface area contributed by atoms with Crippen molar-refractivity contribution in [3.05, 3.63) is 28.4 Å². The van der Waals surface area contributed by atoms with Crippen molar-refractivity contribution in [1.82, 2.24) is 15.5 Å². The van der Waals surface area contributed by atoms with Crippen molar-refractivity contribution < 1.29 is 4.52 Å². The maximum absolute atomic E-state index is 5.50. The third-order valence-corrected chi connectivity index (χ3v) is 3.35. The highest BCUT2D eigenvalue weighted by Crippen LogP contribution is 2.14. The van der Waals surface area contributed by atoms with Crippen LogP contribution in [0.1, 0.15) is 30.0 Å². The molecule has 0 aliphatic heterocycles. The Morgan fingerprint density at radius 1 is 1.59 bits per heavy atom. The molecule has 0 aromatic carbocycles. The predicted octanol–water partition coefficient (Wildman–Crippen LogP) is 2.00. The van der Waals surface area contributed by atoms with Gasteiger partial charge in [0, 0.05) is 17.1 Å². The number of aryl methyl sites for hydroxylation is 1. The minimum atomic E-state index is 0.140. The highest BCUT2D eigenvalue weighted by atomic mass is 32.1. The van der Waals surface area contributed by atoms with Crippen LogP contribution in [0.2, 0.25) is 0 Å².